The normalized spacial score (nSPS) is 21.6. The molecule has 2 heterocycles. The number of morpholine rings is 1. The van der Waals surface area contributed by atoms with Gasteiger partial charge in [-0.1, -0.05) is 15.9 Å². The minimum absolute atomic E-state index is 0.264. The molecular formula is C15H21BrN2O3. The highest BCUT2D eigenvalue weighted by Crippen LogP contribution is 2.35. The lowest BCUT2D eigenvalue weighted by atomic mass is 10.1. The highest BCUT2D eigenvalue weighted by Gasteiger charge is 2.18. The van der Waals surface area contributed by atoms with Crippen LogP contribution in [0.1, 0.15) is 5.56 Å². The van der Waals surface area contributed by atoms with E-state index in [2.05, 4.69) is 39.3 Å². The first-order chi connectivity index (χ1) is 10.2. The van der Waals surface area contributed by atoms with E-state index in [9.17, 15) is 0 Å². The van der Waals surface area contributed by atoms with E-state index in [1.54, 1.807) is 0 Å². The van der Waals surface area contributed by atoms with E-state index in [-0.39, 0.29) is 6.10 Å². The van der Waals surface area contributed by atoms with E-state index in [1.165, 1.54) is 5.56 Å². The van der Waals surface area contributed by atoms with E-state index < -0.39 is 0 Å². The van der Waals surface area contributed by atoms with Crippen LogP contribution < -0.4 is 14.8 Å². The number of hydrogen-bond donors (Lipinski definition) is 1. The van der Waals surface area contributed by atoms with E-state index in [1.807, 2.05) is 6.07 Å². The molecule has 0 radical (unpaired) electrons. The van der Waals surface area contributed by atoms with Crippen molar-refractivity contribution < 1.29 is 14.2 Å². The Morgan fingerprint density at radius 3 is 2.71 bits per heavy atom. The van der Waals surface area contributed by atoms with Gasteiger partial charge in [0.15, 0.2) is 11.5 Å². The fourth-order valence-electron chi connectivity index (χ4n) is 2.67. The van der Waals surface area contributed by atoms with Crippen LogP contribution in [0.15, 0.2) is 16.6 Å². The molecule has 1 N–H and O–H groups in total. The third-order valence-electron chi connectivity index (χ3n) is 3.67. The predicted octanol–water partition coefficient (Wildman–Crippen LogP) is 1.64. The zero-order valence-electron chi connectivity index (χ0n) is 12.2. The molecule has 6 heteroatoms. The van der Waals surface area contributed by atoms with Gasteiger partial charge in [0.05, 0.1) is 12.7 Å². The van der Waals surface area contributed by atoms with Crippen LogP contribution in [0.4, 0.5) is 0 Å². The smallest absolute Gasteiger partial charge is 0.162 e. The Balaban J connectivity index is 1.63. The first-order valence-electron chi connectivity index (χ1n) is 7.31. The minimum Gasteiger partial charge on any atom is -0.486 e. The molecule has 5 nitrogen and oxygen atoms in total. The molecule has 21 heavy (non-hydrogen) atoms. The van der Waals surface area contributed by atoms with Gasteiger partial charge in [0, 0.05) is 30.7 Å². The third kappa shape index (κ3) is 3.88. The second kappa shape index (κ2) is 6.96. The molecule has 0 spiro atoms. The van der Waals surface area contributed by atoms with Crippen molar-refractivity contribution in [3.05, 3.63) is 22.2 Å². The summed E-state index contributed by atoms with van der Waals surface area (Å²) in [6.45, 7) is 5.66. The second-order valence-corrected chi connectivity index (χ2v) is 6.34. The second-order valence-electron chi connectivity index (χ2n) is 5.48. The van der Waals surface area contributed by atoms with Crippen LogP contribution in [0.3, 0.4) is 0 Å². The lowest BCUT2D eigenvalue weighted by Crippen LogP contribution is -2.44. The number of ether oxygens (including phenoxy) is 3. The molecule has 0 saturated carbocycles. The average Bonchev–Trinajstić information content (AvgIpc) is 2.49. The summed E-state index contributed by atoms with van der Waals surface area (Å²) in [5.41, 5.74) is 1.20. The van der Waals surface area contributed by atoms with Crippen molar-refractivity contribution >= 4 is 15.9 Å². The lowest BCUT2D eigenvalue weighted by molar-refractivity contribution is 0.00880. The molecule has 3 rings (SSSR count). The van der Waals surface area contributed by atoms with E-state index in [0.717, 1.165) is 48.8 Å². The van der Waals surface area contributed by atoms with Crippen LogP contribution in [-0.2, 0) is 11.3 Å². The summed E-state index contributed by atoms with van der Waals surface area (Å²) in [4.78, 5) is 2.27. The molecule has 0 bridgehead atoms. The minimum atomic E-state index is 0.264. The number of halogens is 1. The Labute approximate surface area is 133 Å². The number of fused-ring (bicyclic) bond motifs is 1. The first-order valence-corrected chi connectivity index (χ1v) is 8.10. The van der Waals surface area contributed by atoms with Gasteiger partial charge in [-0.2, -0.15) is 0 Å². The molecule has 1 aromatic rings. The van der Waals surface area contributed by atoms with Crippen molar-refractivity contribution in [1.82, 2.24) is 10.2 Å². The van der Waals surface area contributed by atoms with E-state index in [0.29, 0.717) is 13.2 Å². The Bertz CT molecular complexity index is 492. The third-order valence-corrected chi connectivity index (χ3v) is 4.41. The SMILES string of the molecule is CN(Cc1cc2c(cc1Br)OCCO2)CC1CNCCO1. The predicted molar refractivity (Wildman–Crippen MR) is 84.1 cm³/mol. The van der Waals surface area contributed by atoms with Crippen molar-refractivity contribution in [2.45, 2.75) is 12.6 Å². The maximum Gasteiger partial charge on any atom is 0.162 e. The van der Waals surface area contributed by atoms with Gasteiger partial charge in [-0.05, 0) is 24.7 Å². The van der Waals surface area contributed by atoms with Crippen molar-refractivity contribution in [1.29, 1.82) is 0 Å². The molecule has 0 amide bonds. The van der Waals surface area contributed by atoms with E-state index >= 15 is 0 Å². The standard InChI is InChI=1S/C15H21BrN2O3/c1-18(10-12-8-17-2-3-19-12)9-11-6-14-15(7-13(11)16)21-5-4-20-14/h6-7,12,17H,2-5,8-10H2,1H3. The number of benzene rings is 1. The fraction of sp³-hybridized carbons (Fsp3) is 0.600. The van der Waals surface area contributed by atoms with E-state index in [4.69, 9.17) is 14.2 Å². The highest BCUT2D eigenvalue weighted by atomic mass is 79.9. The van der Waals surface area contributed by atoms with Crippen LogP contribution in [0.5, 0.6) is 11.5 Å². The van der Waals surface area contributed by atoms with Crippen LogP contribution in [-0.4, -0.2) is 57.5 Å². The molecule has 1 atom stereocenters. The van der Waals surface area contributed by atoms with Gasteiger partial charge in [0.25, 0.3) is 0 Å². The summed E-state index contributed by atoms with van der Waals surface area (Å²) >= 11 is 3.62. The lowest BCUT2D eigenvalue weighted by Gasteiger charge is -2.28. The van der Waals surface area contributed by atoms with Gasteiger partial charge in [0.1, 0.15) is 13.2 Å². The largest absolute Gasteiger partial charge is 0.486 e. The van der Waals surface area contributed by atoms with Crippen molar-refractivity contribution in [2.75, 3.05) is 46.5 Å². The van der Waals surface area contributed by atoms with Crippen molar-refractivity contribution in [3.8, 4) is 11.5 Å². The van der Waals surface area contributed by atoms with Gasteiger partial charge in [0.2, 0.25) is 0 Å². The van der Waals surface area contributed by atoms with Crippen LogP contribution in [0.25, 0.3) is 0 Å². The molecular weight excluding hydrogens is 336 g/mol. The first kappa shape index (κ1) is 15.1. The number of nitrogens with one attached hydrogen (secondary N) is 1. The quantitative estimate of drug-likeness (QED) is 0.888. The Hall–Kier alpha value is -0.820. The Morgan fingerprint density at radius 2 is 2.00 bits per heavy atom. The molecule has 1 aromatic carbocycles. The summed E-state index contributed by atoms with van der Waals surface area (Å²) < 4.78 is 18.0. The Morgan fingerprint density at radius 1 is 1.24 bits per heavy atom. The van der Waals surface area contributed by atoms with Crippen LogP contribution >= 0.6 is 15.9 Å². The highest BCUT2D eigenvalue weighted by molar-refractivity contribution is 9.10. The summed E-state index contributed by atoms with van der Waals surface area (Å²) in [6.07, 6.45) is 0.264. The molecule has 2 aliphatic heterocycles. The Kier molecular flexibility index (Phi) is 5.00. The fourth-order valence-corrected chi connectivity index (χ4v) is 3.11. The number of rotatable bonds is 4. The topological polar surface area (TPSA) is 43.0 Å². The number of hydrogen-bond acceptors (Lipinski definition) is 5. The summed E-state index contributed by atoms with van der Waals surface area (Å²) in [5, 5.41) is 3.36. The van der Waals surface area contributed by atoms with Gasteiger partial charge < -0.3 is 19.5 Å². The molecule has 1 unspecified atom stereocenters. The number of nitrogens with zero attached hydrogens (tertiary/aromatic N) is 1. The van der Waals surface area contributed by atoms with Crippen LogP contribution in [0.2, 0.25) is 0 Å². The van der Waals surface area contributed by atoms with Gasteiger partial charge >= 0.3 is 0 Å². The van der Waals surface area contributed by atoms with Gasteiger partial charge in [-0.25, -0.2) is 0 Å². The maximum atomic E-state index is 5.75. The average molecular weight is 357 g/mol. The molecule has 1 fully saturated rings. The summed E-state index contributed by atoms with van der Waals surface area (Å²) in [6, 6.07) is 4.06. The summed E-state index contributed by atoms with van der Waals surface area (Å²) in [7, 11) is 2.11. The van der Waals surface area contributed by atoms with Gasteiger partial charge in [-0.15, -0.1) is 0 Å². The molecule has 2 aliphatic rings. The maximum absolute atomic E-state index is 5.75. The van der Waals surface area contributed by atoms with Crippen molar-refractivity contribution in [3.63, 3.8) is 0 Å². The van der Waals surface area contributed by atoms with Gasteiger partial charge in [-0.3, -0.25) is 4.90 Å². The summed E-state index contributed by atoms with van der Waals surface area (Å²) in [5.74, 6) is 1.66. The van der Waals surface area contributed by atoms with Crippen molar-refractivity contribution in [2.24, 2.45) is 0 Å². The number of likely N-dealkylation sites (N-methyl/N-ethyl adjacent to an activating group) is 1. The molecule has 0 aliphatic carbocycles. The zero-order chi connectivity index (χ0) is 14.7. The molecule has 1 saturated heterocycles. The zero-order valence-corrected chi connectivity index (χ0v) is 13.8. The van der Waals surface area contributed by atoms with Crippen LogP contribution in [0, 0.1) is 0 Å². The molecule has 0 aromatic heterocycles. The molecule has 116 valence electrons. The monoisotopic (exact) mass is 356 g/mol.